The SMILES string of the molecule is CC1=C(C#N)C(=CN(C)C)CC(=O)N1. The fourth-order valence-corrected chi connectivity index (χ4v) is 1.40. The quantitative estimate of drug-likeness (QED) is 0.665. The van der Waals surface area contributed by atoms with Gasteiger partial charge in [-0.25, -0.2) is 0 Å². The maximum absolute atomic E-state index is 11.2. The van der Waals surface area contributed by atoms with Gasteiger partial charge in [-0.1, -0.05) is 0 Å². The van der Waals surface area contributed by atoms with Crippen LogP contribution >= 0.6 is 0 Å². The molecule has 0 saturated heterocycles. The summed E-state index contributed by atoms with van der Waals surface area (Å²) in [6.45, 7) is 1.74. The van der Waals surface area contributed by atoms with Gasteiger partial charge in [0.05, 0.1) is 12.0 Å². The van der Waals surface area contributed by atoms with Crippen LogP contribution in [0.2, 0.25) is 0 Å². The van der Waals surface area contributed by atoms with Gasteiger partial charge < -0.3 is 10.2 Å². The van der Waals surface area contributed by atoms with Gasteiger partial charge in [-0.15, -0.1) is 0 Å². The molecule has 14 heavy (non-hydrogen) atoms. The van der Waals surface area contributed by atoms with Crippen LogP contribution in [0.1, 0.15) is 13.3 Å². The number of carbonyl (C=O) groups excluding carboxylic acids is 1. The minimum Gasteiger partial charge on any atom is -0.383 e. The smallest absolute Gasteiger partial charge is 0.228 e. The molecule has 4 heteroatoms. The molecule has 1 aliphatic rings. The normalized spacial score (nSPS) is 19.3. The summed E-state index contributed by atoms with van der Waals surface area (Å²) in [6.07, 6.45) is 2.08. The standard InChI is InChI=1S/C10H13N3O/c1-7-9(5-11)8(6-13(2)3)4-10(14)12-7/h6H,4H2,1-3H3,(H,12,14). The van der Waals surface area contributed by atoms with Crippen LogP contribution in [0.15, 0.2) is 23.0 Å². The van der Waals surface area contributed by atoms with Gasteiger partial charge in [-0.2, -0.15) is 5.26 Å². The van der Waals surface area contributed by atoms with E-state index < -0.39 is 0 Å². The molecule has 0 spiro atoms. The van der Waals surface area contributed by atoms with Gasteiger partial charge >= 0.3 is 0 Å². The fraction of sp³-hybridized carbons (Fsp3) is 0.400. The Hall–Kier alpha value is -1.76. The van der Waals surface area contributed by atoms with Crippen LogP contribution in [0.3, 0.4) is 0 Å². The van der Waals surface area contributed by atoms with Crippen molar-refractivity contribution in [1.29, 1.82) is 5.26 Å². The summed E-state index contributed by atoms with van der Waals surface area (Å²) in [6, 6.07) is 2.10. The number of allylic oxidation sites excluding steroid dienone is 2. The summed E-state index contributed by atoms with van der Waals surface area (Å²) in [5.74, 6) is -0.0606. The maximum Gasteiger partial charge on any atom is 0.228 e. The summed E-state index contributed by atoms with van der Waals surface area (Å²) in [4.78, 5) is 13.0. The van der Waals surface area contributed by atoms with Crippen LogP contribution < -0.4 is 5.32 Å². The predicted molar refractivity (Wildman–Crippen MR) is 52.8 cm³/mol. The van der Waals surface area contributed by atoms with Crippen molar-refractivity contribution in [3.63, 3.8) is 0 Å². The second-order valence-corrected chi connectivity index (χ2v) is 3.45. The lowest BCUT2D eigenvalue weighted by Gasteiger charge is -2.18. The monoisotopic (exact) mass is 191 g/mol. The van der Waals surface area contributed by atoms with Crippen molar-refractivity contribution in [2.45, 2.75) is 13.3 Å². The number of hydrogen-bond donors (Lipinski definition) is 1. The molecular formula is C10H13N3O. The third kappa shape index (κ3) is 2.13. The van der Waals surface area contributed by atoms with Crippen LogP contribution in [0.25, 0.3) is 0 Å². The fourth-order valence-electron chi connectivity index (χ4n) is 1.40. The number of nitriles is 1. The van der Waals surface area contributed by atoms with Crippen LogP contribution in [-0.2, 0) is 4.79 Å². The minimum atomic E-state index is -0.0606. The molecular weight excluding hydrogens is 178 g/mol. The van der Waals surface area contributed by atoms with Gasteiger partial charge in [0.1, 0.15) is 6.07 Å². The van der Waals surface area contributed by atoms with Crippen molar-refractivity contribution in [3.8, 4) is 6.07 Å². The van der Waals surface area contributed by atoms with E-state index in [0.717, 1.165) is 5.57 Å². The first kappa shape index (κ1) is 10.3. The van der Waals surface area contributed by atoms with E-state index in [1.807, 2.05) is 19.0 Å². The second kappa shape index (κ2) is 3.97. The number of nitrogens with zero attached hydrogens (tertiary/aromatic N) is 2. The lowest BCUT2D eigenvalue weighted by atomic mass is 9.99. The predicted octanol–water partition coefficient (Wildman–Crippen LogP) is 0.749. The maximum atomic E-state index is 11.2. The summed E-state index contributed by atoms with van der Waals surface area (Å²) >= 11 is 0. The van der Waals surface area contributed by atoms with E-state index in [1.165, 1.54) is 0 Å². The van der Waals surface area contributed by atoms with Crippen molar-refractivity contribution >= 4 is 5.91 Å². The molecule has 74 valence electrons. The molecule has 1 amide bonds. The molecule has 1 N–H and O–H groups in total. The number of amides is 1. The minimum absolute atomic E-state index is 0.0606. The first-order valence-corrected chi connectivity index (χ1v) is 4.33. The van der Waals surface area contributed by atoms with Crippen LogP contribution in [0.5, 0.6) is 0 Å². The highest BCUT2D eigenvalue weighted by atomic mass is 16.1. The molecule has 0 radical (unpaired) electrons. The summed E-state index contributed by atoms with van der Waals surface area (Å²) < 4.78 is 0. The Balaban J connectivity index is 3.12. The van der Waals surface area contributed by atoms with Crippen LogP contribution in [0.4, 0.5) is 0 Å². The number of nitrogens with one attached hydrogen (secondary N) is 1. The molecule has 1 rings (SSSR count). The Morgan fingerprint density at radius 2 is 2.21 bits per heavy atom. The van der Waals surface area contributed by atoms with E-state index in [0.29, 0.717) is 11.3 Å². The number of carbonyl (C=O) groups is 1. The lowest BCUT2D eigenvalue weighted by Crippen LogP contribution is -2.28. The summed E-state index contributed by atoms with van der Waals surface area (Å²) in [7, 11) is 3.73. The highest BCUT2D eigenvalue weighted by Crippen LogP contribution is 2.21. The van der Waals surface area contributed by atoms with Gasteiger partial charge in [0, 0.05) is 26.0 Å². The highest BCUT2D eigenvalue weighted by Gasteiger charge is 2.19. The zero-order chi connectivity index (χ0) is 10.7. The van der Waals surface area contributed by atoms with Gasteiger partial charge in [0.25, 0.3) is 0 Å². The van der Waals surface area contributed by atoms with Gasteiger partial charge in [-0.05, 0) is 12.5 Å². The summed E-state index contributed by atoms with van der Waals surface area (Å²) in [5, 5.41) is 11.6. The van der Waals surface area contributed by atoms with E-state index in [9.17, 15) is 4.79 Å². The molecule has 0 atom stereocenters. The Kier molecular flexibility index (Phi) is 2.92. The Bertz CT molecular complexity index is 358. The second-order valence-electron chi connectivity index (χ2n) is 3.45. The molecule has 0 aliphatic carbocycles. The molecule has 1 heterocycles. The molecule has 0 saturated carbocycles. The Morgan fingerprint density at radius 3 is 2.71 bits per heavy atom. The Morgan fingerprint density at radius 1 is 1.57 bits per heavy atom. The van der Waals surface area contributed by atoms with E-state index in [2.05, 4.69) is 11.4 Å². The van der Waals surface area contributed by atoms with E-state index in [1.54, 1.807) is 13.1 Å². The average molecular weight is 191 g/mol. The van der Waals surface area contributed by atoms with Gasteiger partial charge in [0.15, 0.2) is 0 Å². The van der Waals surface area contributed by atoms with Crippen LogP contribution in [0, 0.1) is 11.3 Å². The zero-order valence-electron chi connectivity index (χ0n) is 8.59. The largest absolute Gasteiger partial charge is 0.383 e. The molecule has 1 aliphatic heterocycles. The molecule has 4 nitrogen and oxygen atoms in total. The van der Waals surface area contributed by atoms with Crippen molar-refractivity contribution in [2.75, 3.05) is 14.1 Å². The van der Waals surface area contributed by atoms with Crippen molar-refractivity contribution in [1.82, 2.24) is 10.2 Å². The topological polar surface area (TPSA) is 56.1 Å². The molecule has 0 aromatic heterocycles. The lowest BCUT2D eigenvalue weighted by molar-refractivity contribution is -0.119. The van der Waals surface area contributed by atoms with E-state index in [4.69, 9.17) is 5.26 Å². The van der Waals surface area contributed by atoms with Gasteiger partial charge in [-0.3, -0.25) is 4.79 Å². The Labute approximate surface area is 83.5 Å². The summed E-state index contributed by atoms with van der Waals surface area (Å²) in [5.41, 5.74) is 1.98. The highest BCUT2D eigenvalue weighted by molar-refractivity contribution is 5.84. The van der Waals surface area contributed by atoms with Gasteiger partial charge in [0.2, 0.25) is 5.91 Å². The number of hydrogen-bond acceptors (Lipinski definition) is 3. The molecule has 0 aromatic rings. The van der Waals surface area contributed by atoms with Crippen molar-refractivity contribution in [3.05, 3.63) is 23.0 Å². The molecule has 0 fully saturated rings. The first-order chi connectivity index (χ1) is 6.54. The van der Waals surface area contributed by atoms with Crippen molar-refractivity contribution < 1.29 is 4.79 Å². The zero-order valence-corrected chi connectivity index (χ0v) is 8.59. The third-order valence-electron chi connectivity index (χ3n) is 1.90. The van der Waals surface area contributed by atoms with Crippen LogP contribution in [-0.4, -0.2) is 24.9 Å². The van der Waals surface area contributed by atoms with Crippen molar-refractivity contribution in [2.24, 2.45) is 0 Å². The molecule has 0 unspecified atom stereocenters. The van der Waals surface area contributed by atoms with E-state index >= 15 is 0 Å². The number of rotatable bonds is 1. The molecule has 0 aromatic carbocycles. The van der Waals surface area contributed by atoms with E-state index in [-0.39, 0.29) is 12.3 Å². The average Bonchev–Trinajstić information content (AvgIpc) is 2.01. The molecule has 0 bridgehead atoms. The first-order valence-electron chi connectivity index (χ1n) is 4.33. The third-order valence-corrected chi connectivity index (χ3v) is 1.90.